The number of rotatable bonds is 5. The van der Waals surface area contributed by atoms with Gasteiger partial charge in [-0.2, -0.15) is 0 Å². The maximum absolute atomic E-state index is 10.5. The average Bonchev–Trinajstić information content (AvgIpc) is 2.01. The van der Waals surface area contributed by atoms with Gasteiger partial charge in [0.15, 0.2) is 0 Å². The van der Waals surface area contributed by atoms with Crippen molar-refractivity contribution in [2.24, 2.45) is 0 Å². The molecule has 0 aliphatic rings. The minimum atomic E-state index is -1.09. The van der Waals surface area contributed by atoms with Crippen molar-refractivity contribution in [3.63, 3.8) is 0 Å². The minimum Gasteiger partial charge on any atom is -0.466 e. The summed E-state index contributed by atoms with van der Waals surface area (Å²) in [5, 5.41) is 1.53. The Hall–Kier alpha value is -0.573. The van der Waals surface area contributed by atoms with Crippen molar-refractivity contribution in [1.29, 1.82) is 0 Å². The first-order valence-electron chi connectivity index (χ1n) is 5.14. The lowest BCUT2D eigenvalue weighted by molar-refractivity contribution is -0.141. The van der Waals surface area contributed by atoms with Gasteiger partial charge in [-0.15, -0.1) is 0 Å². The van der Waals surface area contributed by atoms with Crippen LogP contribution in [0.5, 0.6) is 0 Å². The summed E-state index contributed by atoms with van der Waals surface area (Å²) in [6.45, 7) is 11.2. The molecule has 0 saturated carbocycles. The first-order valence-corrected chi connectivity index (χ1v) is 8.64. The summed E-state index contributed by atoms with van der Waals surface area (Å²) < 4.78 is 4.85. The first kappa shape index (κ1) is 13.4. The molecule has 0 atom stereocenters. The van der Waals surface area contributed by atoms with Gasteiger partial charge in [-0.3, -0.25) is 4.79 Å². The summed E-state index contributed by atoms with van der Waals surface area (Å²) in [6.07, 6.45) is 4.24. The van der Waals surface area contributed by atoms with E-state index in [2.05, 4.69) is 32.6 Å². The summed E-state index contributed by atoms with van der Waals surface area (Å²) in [6, 6.07) is 0. The molecule has 0 aromatic carbocycles. The summed E-state index contributed by atoms with van der Waals surface area (Å²) in [4.78, 5) is 10.5. The molecule has 14 heavy (non-hydrogen) atoms. The molecule has 0 heterocycles. The number of ether oxygens (including phenoxy) is 1. The number of hydrogen-bond acceptors (Lipinski definition) is 2. The normalized spacial score (nSPS) is 12.8. The highest BCUT2D eigenvalue weighted by Gasteiger charge is 2.14. The van der Waals surface area contributed by atoms with Crippen LogP contribution in [0.25, 0.3) is 0 Å². The maximum Gasteiger partial charge on any atom is 0.302 e. The smallest absolute Gasteiger partial charge is 0.302 e. The molecule has 0 rings (SSSR count). The van der Waals surface area contributed by atoms with Crippen molar-refractivity contribution in [3.8, 4) is 0 Å². The van der Waals surface area contributed by atoms with E-state index in [4.69, 9.17) is 4.74 Å². The van der Waals surface area contributed by atoms with E-state index >= 15 is 0 Å². The zero-order chi connectivity index (χ0) is 11.2. The number of carbonyl (C=O) groups is 1. The van der Waals surface area contributed by atoms with E-state index in [1.54, 1.807) is 0 Å². The monoisotopic (exact) mass is 214 g/mol. The molecule has 0 radical (unpaired) electrons. The van der Waals surface area contributed by atoms with Crippen molar-refractivity contribution in [2.45, 2.75) is 46.3 Å². The van der Waals surface area contributed by atoms with Crippen LogP contribution in [-0.2, 0) is 9.53 Å². The lowest BCUT2D eigenvalue weighted by Crippen LogP contribution is -2.21. The largest absolute Gasteiger partial charge is 0.466 e. The molecule has 0 bridgehead atoms. The zero-order valence-corrected chi connectivity index (χ0v) is 11.0. The van der Waals surface area contributed by atoms with Crippen molar-refractivity contribution >= 4 is 14.0 Å². The Bertz CT molecular complexity index is 214. The van der Waals surface area contributed by atoms with E-state index in [9.17, 15) is 4.79 Å². The summed E-state index contributed by atoms with van der Waals surface area (Å²) in [7, 11) is -1.09. The van der Waals surface area contributed by atoms with Gasteiger partial charge in [0.05, 0.1) is 14.7 Å². The highest BCUT2D eigenvalue weighted by atomic mass is 28.3. The van der Waals surface area contributed by atoms with Crippen LogP contribution in [0, 0.1) is 0 Å². The average molecular weight is 214 g/mol. The molecule has 0 aliphatic heterocycles. The Morgan fingerprint density at radius 1 is 1.29 bits per heavy atom. The fraction of sp³-hybridized carbons (Fsp3) is 0.727. The van der Waals surface area contributed by atoms with Crippen molar-refractivity contribution < 1.29 is 9.53 Å². The number of hydrogen-bond donors (Lipinski definition) is 0. The van der Waals surface area contributed by atoms with Gasteiger partial charge >= 0.3 is 5.97 Å². The second-order valence-electron chi connectivity index (χ2n) is 4.62. The van der Waals surface area contributed by atoms with E-state index in [-0.39, 0.29) is 5.97 Å². The van der Waals surface area contributed by atoms with Crippen LogP contribution in [0.1, 0.15) is 26.7 Å². The van der Waals surface area contributed by atoms with Crippen LogP contribution in [0.4, 0.5) is 0 Å². The summed E-state index contributed by atoms with van der Waals surface area (Å²) in [5.74, 6) is -0.184. The van der Waals surface area contributed by atoms with Crippen LogP contribution in [-0.4, -0.2) is 20.7 Å². The Balaban J connectivity index is 3.67. The standard InChI is InChI=1S/C11H22O2Si/c1-10(14(3,4)5)8-6-7-9-13-11(2)12/h8H,6-7,9H2,1-5H3/b10-8-. The van der Waals surface area contributed by atoms with E-state index in [1.165, 1.54) is 12.1 Å². The highest BCUT2D eigenvalue weighted by Crippen LogP contribution is 2.14. The molecular weight excluding hydrogens is 192 g/mol. The summed E-state index contributed by atoms with van der Waals surface area (Å²) >= 11 is 0. The third-order valence-corrected chi connectivity index (χ3v) is 4.86. The van der Waals surface area contributed by atoms with E-state index < -0.39 is 8.07 Å². The number of unbranched alkanes of at least 4 members (excludes halogenated alkanes) is 1. The SMILES string of the molecule is CC(=O)OCCC/C=C(/C)[Si](C)(C)C. The van der Waals surface area contributed by atoms with Gasteiger partial charge in [-0.25, -0.2) is 0 Å². The second kappa shape index (κ2) is 6.01. The van der Waals surface area contributed by atoms with Crippen LogP contribution in [0.3, 0.4) is 0 Å². The van der Waals surface area contributed by atoms with Gasteiger partial charge in [0.2, 0.25) is 0 Å². The van der Waals surface area contributed by atoms with Crippen LogP contribution in [0.2, 0.25) is 19.6 Å². The molecule has 0 unspecified atom stereocenters. The Kier molecular flexibility index (Phi) is 5.77. The van der Waals surface area contributed by atoms with Crippen LogP contribution < -0.4 is 0 Å². The molecule has 0 N–H and O–H groups in total. The lowest BCUT2D eigenvalue weighted by atomic mass is 10.3. The lowest BCUT2D eigenvalue weighted by Gasteiger charge is -2.16. The van der Waals surface area contributed by atoms with Gasteiger partial charge < -0.3 is 4.74 Å². The molecule has 82 valence electrons. The minimum absolute atomic E-state index is 0.184. The Morgan fingerprint density at radius 3 is 2.29 bits per heavy atom. The quantitative estimate of drug-likeness (QED) is 0.399. The number of allylic oxidation sites excluding steroid dienone is 2. The first-order chi connectivity index (χ1) is 6.34. The zero-order valence-electron chi connectivity index (χ0n) is 10.0. The molecule has 0 fully saturated rings. The Morgan fingerprint density at radius 2 is 1.86 bits per heavy atom. The third-order valence-electron chi connectivity index (χ3n) is 2.29. The third kappa shape index (κ3) is 6.89. The van der Waals surface area contributed by atoms with Crippen LogP contribution >= 0.6 is 0 Å². The summed E-state index contributed by atoms with van der Waals surface area (Å²) in [5.41, 5.74) is 0. The van der Waals surface area contributed by atoms with Gasteiger partial charge in [-0.1, -0.05) is 30.9 Å². The molecule has 0 amide bonds. The molecule has 3 heteroatoms. The van der Waals surface area contributed by atoms with Gasteiger partial charge in [-0.05, 0) is 19.8 Å². The second-order valence-corrected chi connectivity index (χ2v) is 9.91. The fourth-order valence-corrected chi connectivity index (χ4v) is 1.68. The number of esters is 1. The maximum atomic E-state index is 10.5. The molecule has 2 nitrogen and oxygen atoms in total. The highest BCUT2D eigenvalue weighted by molar-refractivity contribution is 6.82. The number of carbonyl (C=O) groups excluding carboxylic acids is 1. The van der Waals surface area contributed by atoms with E-state index in [0.29, 0.717) is 6.61 Å². The predicted molar refractivity (Wildman–Crippen MR) is 63.0 cm³/mol. The molecule has 0 aliphatic carbocycles. The molecule has 0 saturated heterocycles. The van der Waals surface area contributed by atoms with Crippen molar-refractivity contribution in [3.05, 3.63) is 11.3 Å². The van der Waals surface area contributed by atoms with E-state index in [0.717, 1.165) is 12.8 Å². The Labute approximate surface area is 88.4 Å². The fourth-order valence-electron chi connectivity index (χ4n) is 0.924. The van der Waals surface area contributed by atoms with Gasteiger partial charge in [0, 0.05) is 6.92 Å². The molecule has 0 aromatic rings. The van der Waals surface area contributed by atoms with Gasteiger partial charge in [0.1, 0.15) is 0 Å². The predicted octanol–water partition coefficient (Wildman–Crippen LogP) is 3.15. The van der Waals surface area contributed by atoms with Gasteiger partial charge in [0.25, 0.3) is 0 Å². The topological polar surface area (TPSA) is 26.3 Å². The van der Waals surface area contributed by atoms with Crippen LogP contribution in [0.15, 0.2) is 11.3 Å². The van der Waals surface area contributed by atoms with Crippen molar-refractivity contribution in [2.75, 3.05) is 6.61 Å². The molecule has 0 spiro atoms. The van der Waals surface area contributed by atoms with E-state index in [1.807, 2.05) is 0 Å². The van der Waals surface area contributed by atoms with Crippen molar-refractivity contribution in [1.82, 2.24) is 0 Å². The molecular formula is C11H22O2Si. The molecule has 0 aromatic heterocycles.